The first-order valence-electron chi connectivity index (χ1n) is 11.5. The highest BCUT2D eigenvalue weighted by atomic mass is 19.4. The van der Waals surface area contributed by atoms with Crippen LogP contribution >= 0.6 is 0 Å². The number of benzene rings is 1. The molecule has 1 aliphatic heterocycles. The molecule has 17 heteroatoms. The van der Waals surface area contributed by atoms with E-state index in [0.29, 0.717) is 29.9 Å². The van der Waals surface area contributed by atoms with E-state index >= 15 is 0 Å². The number of carbonyl (C=O) groups is 3. The van der Waals surface area contributed by atoms with Gasteiger partial charge in [0.05, 0.1) is 18.2 Å². The van der Waals surface area contributed by atoms with Crippen LogP contribution in [-0.2, 0) is 22.7 Å². The normalized spacial score (nSPS) is 15.4. The predicted molar refractivity (Wildman–Crippen MR) is 126 cm³/mol. The van der Waals surface area contributed by atoms with E-state index in [0.717, 1.165) is 18.8 Å². The molecular formula is C24H23F7N4O6. The lowest BCUT2D eigenvalue weighted by molar-refractivity contribution is -0.193. The van der Waals surface area contributed by atoms with Gasteiger partial charge in [-0.05, 0) is 24.6 Å². The summed E-state index contributed by atoms with van der Waals surface area (Å²) < 4.78 is 79.1. The maximum Gasteiger partial charge on any atom is 0.490 e. The van der Waals surface area contributed by atoms with Crippen LogP contribution in [0.5, 0.6) is 0 Å². The number of aromatic nitrogens is 2. The number of imidazole rings is 1. The molecule has 0 spiro atoms. The number of aliphatic carboxylic acids is 2. The number of likely N-dealkylation sites (tertiary alicyclic amines) is 1. The van der Waals surface area contributed by atoms with Crippen molar-refractivity contribution in [2.24, 2.45) is 0 Å². The topological polar surface area (TPSA) is 144 Å². The Morgan fingerprint density at radius 3 is 2.02 bits per heavy atom. The number of rotatable bonds is 5. The van der Waals surface area contributed by atoms with E-state index in [9.17, 15) is 40.6 Å². The van der Waals surface area contributed by atoms with Gasteiger partial charge in [-0.15, -0.1) is 0 Å². The van der Waals surface area contributed by atoms with Gasteiger partial charge in [0.2, 0.25) is 0 Å². The van der Waals surface area contributed by atoms with Crippen LogP contribution in [0.1, 0.15) is 28.3 Å². The Morgan fingerprint density at radius 2 is 1.51 bits per heavy atom. The van der Waals surface area contributed by atoms with Crippen LogP contribution in [0.15, 0.2) is 48.7 Å². The van der Waals surface area contributed by atoms with Gasteiger partial charge in [0.15, 0.2) is 5.69 Å². The number of hydrogen-bond acceptors (Lipinski definition) is 6. The van der Waals surface area contributed by atoms with Gasteiger partial charge in [0.25, 0.3) is 5.91 Å². The number of fused-ring (bicyclic) bond motifs is 1. The highest BCUT2D eigenvalue weighted by Gasteiger charge is 2.38. The number of amides is 1. The number of nitrogens with zero attached hydrogens (tertiary/aromatic N) is 3. The summed E-state index contributed by atoms with van der Waals surface area (Å²) in [6.07, 6.45) is -7.85. The minimum absolute atomic E-state index is 0.102. The van der Waals surface area contributed by atoms with Gasteiger partial charge < -0.3 is 25.0 Å². The van der Waals surface area contributed by atoms with Crippen molar-refractivity contribution in [3.8, 4) is 0 Å². The summed E-state index contributed by atoms with van der Waals surface area (Å²) in [6.45, 7) is 2.07. The zero-order chi connectivity index (χ0) is 31.0. The average Bonchev–Trinajstić information content (AvgIpc) is 3.46. The van der Waals surface area contributed by atoms with Gasteiger partial charge in [0.1, 0.15) is 11.6 Å². The van der Waals surface area contributed by atoms with Crippen molar-refractivity contribution in [3.63, 3.8) is 0 Å². The highest BCUT2D eigenvalue weighted by Crippen LogP contribution is 2.18. The van der Waals surface area contributed by atoms with E-state index in [1.54, 1.807) is 18.2 Å². The Kier molecular flexibility index (Phi) is 11.2. The fourth-order valence-electron chi connectivity index (χ4n) is 3.44. The van der Waals surface area contributed by atoms with E-state index in [1.807, 2.05) is 28.8 Å². The number of aliphatic hydroxyl groups excluding tert-OH is 1. The molecule has 0 bridgehead atoms. The van der Waals surface area contributed by atoms with E-state index < -0.39 is 24.3 Å². The molecule has 1 aromatic carbocycles. The monoisotopic (exact) mass is 596 g/mol. The smallest absolute Gasteiger partial charge is 0.475 e. The van der Waals surface area contributed by atoms with Crippen molar-refractivity contribution >= 4 is 23.4 Å². The average molecular weight is 596 g/mol. The lowest BCUT2D eigenvalue weighted by Gasteiger charge is -2.13. The maximum atomic E-state index is 13.8. The molecule has 1 saturated heterocycles. The number of β-amino-alcohol motifs (C(OH)–C–C–N with tert-alkyl or cyclic N) is 1. The van der Waals surface area contributed by atoms with E-state index in [2.05, 4.69) is 15.2 Å². The van der Waals surface area contributed by atoms with Crippen molar-refractivity contribution in [1.82, 2.24) is 19.6 Å². The number of halogens is 7. The van der Waals surface area contributed by atoms with Crippen LogP contribution in [0.25, 0.3) is 5.52 Å². The third-order valence-corrected chi connectivity index (χ3v) is 5.33. The maximum absolute atomic E-state index is 13.8. The third-order valence-electron chi connectivity index (χ3n) is 5.33. The van der Waals surface area contributed by atoms with Gasteiger partial charge in [-0.25, -0.2) is 19.0 Å². The minimum atomic E-state index is -5.08. The molecule has 3 aromatic rings. The van der Waals surface area contributed by atoms with Crippen molar-refractivity contribution in [2.45, 2.75) is 38.0 Å². The van der Waals surface area contributed by atoms with Gasteiger partial charge in [-0.1, -0.05) is 24.3 Å². The Hall–Kier alpha value is -4.25. The molecule has 4 rings (SSSR count). The summed E-state index contributed by atoms with van der Waals surface area (Å²) >= 11 is 0. The van der Waals surface area contributed by atoms with Crippen LogP contribution in [0.3, 0.4) is 0 Å². The predicted octanol–water partition coefficient (Wildman–Crippen LogP) is 3.24. The molecule has 4 N–H and O–H groups in total. The zero-order valence-electron chi connectivity index (χ0n) is 20.8. The molecule has 10 nitrogen and oxygen atoms in total. The SMILES string of the molecule is O=C(NCc1ccccc1F)c1nc(CN2CCC(O)C2)n2ccccc12.O=C(O)C(F)(F)F.O=C(O)C(F)(F)F. The van der Waals surface area contributed by atoms with Crippen molar-refractivity contribution < 1.29 is 60.4 Å². The molecule has 0 aliphatic carbocycles. The number of carbonyl (C=O) groups excluding carboxylic acids is 1. The summed E-state index contributed by atoms with van der Waals surface area (Å²) in [5.74, 6) is -5.45. The van der Waals surface area contributed by atoms with Gasteiger partial charge >= 0.3 is 24.3 Å². The third kappa shape index (κ3) is 10.0. The molecule has 0 saturated carbocycles. The van der Waals surface area contributed by atoms with Gasteiger partial charge in [0, 0.05) is 31.4 Å². The molecule has 1 amide bonds. The molecule has 2 aromatic heterocycles. The fraction of sp³-hybridized carbons (Fsp3) is 0.333. The molecule has 41 heavy (non-hydrogen) atoms. The quantitative estimate of drug-likeness (QED) is 0.329. The van der Waals surface area contributed by atoms with Crippen LogP contribution in [0, 0.1) is 5.82 Å². The van der Waals surface area contributed by atoms with Crippen LogP contribution in [-0.4, -0.2) is 79.0 Å². The van der Waals surface area contributed by atoms with Crippen molar-refractivity contribution in [1.29, 1.82) is 0 Å². The molecule has 1 atom stereocenters. The molecular weight excluding hydrogens is 573 g/mol. The highest BCUT2D eigenvalue weighted by molar-refractivity contribution is 5.99. The summed E-state index contributed by atoms with van der Waals surface area (Å²) in [5, 5.41) is 26.7. The number of nitrogens with one attached hydrogen (secondary N) is 1. The van der Waals surface area contributed by atoms with E-state index in [-0.39, 0.29) is 24.4 Å². The summed E-state index contributed by atoms with van der Waals surface area (Å²) in [5.41, 5.74) is 1.46. The second kappa shape index (κ2) is 13.9. The fourth-order valence-corrected chi connectivity index (χ4v) is 3.44. The number of pyridine rings is 1. The van der Waals surface area contributed by atoms with E-state index in [4.69, 9.17) is 19.8 Å². The van der Waals surface area contributed by atoms with Crippen LogP contribution in [0.2, 0.25) is 0 Å². The largest absolute Gasteiger partial charge is 0.490 e. The molecule has 3 heterocycles. The Morgan fingerprint density at radius 1 is 0.951 bits per heavy atom. The summed E-state index contributed by atoms with van der Waals surface area (Å²) in [7, 11) is 0. The molecule has 0 radical (unpaired) electrons. The van der Waals surface area contributed by atoms with Gasteiger partial charge in [-0.2, -0.15) is 26.3 Å². The second-order valence-corrected chi connectivity index (χ2v) is 8.39. The lowest BCUT2D eigenvalue weighted by atomic mass is 10.2. The van der Waals surface area contributed by atoms with Crippen molar-refractivity contribution in [3.05, 3.63) is 71.6 Å². The molecule has 1 fully saturated rings. The van der Waals surface area contributed by atoms with E-state index in [1.165, 1.54) is 6.07 Å². The second-order valence-electron chi connectivity index (χ2n) is 8.39. The number of alkyl halides is 6. The minimum Gasteiger partial charge on any atom is -0.475 e. The summed E-state index contributed by atoms with van der Waals surface area (Å²) in [6, 6.07) is 11.9. The first-order valence-corrected chi connectivity index (χ1v) is 11.5. The number of carboxylic acid groups (broad SMARTS) is 2. The number of carboxylic acids is 2. The van der Waals surface area contributed by atoms with Gasteiger partial charge in [-0.3, -0.25) is 9.69 Å². The zero-order valence-corrected chi connectivity index (χ0v) is 20.8. The van der Waals surface area contributed by atoms with Crippen LogP contribution in [0.4, 0.5) is 30.7 Å². The first-order chi connectivity index (χ1) is 19.0. The molecule has 1 unspecified atom stereocenters. The molecule has 224 valence electrons. The first kappa shape index (κ1) is 33.0. The number of hydrogen-bond donors (Lipinski definition) is 4. The Bertz CT molecular complexity index is 1340. The van der Waals surface area contributed by atoms with Crippen molar-refractivity contribution in [2.75, 3.05) is 13.1 Å². The summed E-state index contributed by atoms with van der Waals surface area (Å²) in [4.78, 5) is 37.1. The van der Waals surface area contributed by atoms with Crippen LogP contribution < -0.4 is 5.32 Å². The molecule has 1 aliphatic rings. The number of aliphatic hydroxyl groups is 1. The lowest BCUT2D eigenvalue weighted by Crippen LogP contribution is -2.24. The standard InChI is InChI=1S/C20H21FN4O2.2C2HF3O2/c21-16-6-2-1-5-14(16)11-22-20(27)19-17-7-3-4-9-25(17)18(23-19)13-24-10-8-15(26)12-24;2*3-2(4,5)1(6)7/h1-7,9,15,26H,8,10-13H2,(H,22,27);2*(H,6,7). The Labute approximate surface area is 226 Å². The Balaban J connectivity index is 0.000000349.